The van der Waals surface area contributed by atoms with Crippen molar-refractivity contribution < 1.29 is 14.9 Å². The molecular weight excluding hydrogens is 242 g/mol. The van der Waals surface area contributed by atoms with Crippen LogP contribution in [-0.2, 0) is 11.3 Å². The highest BCUT2D eigenvalue weighted by atomic mass is 35.5. The van der Waals surface area contributed by atoms with Crippen molar-refractivity contribution in [3.05, 3.63) is 28.8 Å². The van der Waals surface area contributed by atoms with Crippen LogP contribution in [0.4, 0.5) is 5.69 Å². The summed E-state index contributed by atoms with van der Waals surface area (Å²) < 4.78 is 5.33. The molecule has 0 aliphatic carbocycles. The minimum absolute atomic E-state index is 0.0252. The van der Waals surface area contributed by atoms with Gasteiger partial charge in [0.15, 0.2) is 0 Å². The van der Waals surface area contributed by atoms with E-state index in [-0.39, 0.29) is 19.3 Å². The van der Waals surface area contributed by atoms with Gasteiger partial charge in [-0.1, -0.05) is 17.7 Å². The Morgan fingerprint density at radius 1 is 1.41 bits per heavy atom. The lowest BCUT2D eigenvalue weighted by molar-refractivity contribution is 0.0725. The third-order valence-corrected chi connectivity index (χ3v) is 3.20. The zero-order chi connectivity index (χ0) is 12.3. The second-order valence-corrected chi connectivity index (χ2v) is 4.47. The van der Waals surface area contributed by atoms with Crippen LogP contribution in [0.15, 0.2) is 18.2 Å². The maximum Gasteiger partial charge on any atom is 0.0755 e. The topological polar surface area (TPSA) is 52.9 Å². The number of nitrogens with zero attached hydrogens (tertiary/aromatic N) is 1. The van der Waals surface area contributed by atoms with Gasteiger partial charge in [-0.05, 0) is 12.1 Å². The first-order chi connectivity index (χ1) is 8.26. The first kappa shape index (κ1) is 12.6. The largest absolute Gasteiger partial charge is 0.394 e. The van der Waals surface area contributed by atoms with Crippen LogP contribution in [0.5, 0.6) is 0 Å². The Hall–Kier alpha value is -0.810. The average Bonchev–Trinajstić information content (AvgIpc) is 2.38. The van der Waals surface area contributed by atoms with E-state index in [1.165, 1.54) is 0 Å². The molecule has 2 N–H and O–H groups in total. The first-order valence-electron chi connectivity index (χ1n) is 5.60. The van der Waals surface area contributed by atoms with Crippen LogP contribution < -0.4 is 4.90 Å². The van der Waals surface area contributed by atoms with Gasteiger partial charge in [0.25, 0.3) is 0 Å². The number of morpholine rings is 1. The number of hydrogen-bond donors (Lipinski definition) is 2. The van der Waals surface area contributed by atoms with E-state index in [4.69, 9.17) is 16.3 Å². The van der Waals surface area contributed by atoms with E-state index in [2.05, 4.69) is 0 Å². The summed E-state index contributed by atoms with van der Waals surface area (Å²) in [7, 11) is 0. The fourth-order valence-corrected chi connectivity index (χ4v) is 2.23. The molecule has 1 heterocycles. The molecule has 1 saturated heterocycles. The van der Waals surface area contributed by atoms with Crippen molar-refractivity contribution in [2.45, 2.75) is 12.6 Å². The van der Waals surface area contributed by atoms with Crippen molar-refractivity contribution in [3.63, 3.8) is 0 Å². The van der Waals surface area contributed by atoms with E-state index in [0.717, 1.165) is 11.3 Å². The van der Waals surface area contributed by atoms with Gasteiger partial charge in [0.1, 0.15) is 0 Å². The van der Waals surface area contributed by atoms with E-state index in [0.29, 0.717) is 24.8 Å². The number of anilines is 1. The Bertz CT molecular complexity index is 386. The molecule has 1 unspecified atom stereocenters. The quantitative estimate of drug-likeness (QED) is 0.849. The van der Waals surface area contributed by atoms with Gasteiger partial charge in [0.2, 0.25) is 0 Å². The summed E-state index contributed by atoms with van der Waals surface area (Å²) in [6, 6.07) is 5.31. The van der Waals surface area contributed by atoms with Crippen molar-refractivity contribution in [2.24, 2.45) is 0 Å². The SMILES string of the molecule is OCc1ccc(Cl)cc1N1CCOCC1CO. The summed E-state index contributed by atoms with van der Waals surface area (Å²) in [6.45, 7) is 1.79. The molecule has 1 aliphatic rings. The second kappa shape index (κ2) is 5.69. The van der Waals surface area contributed by atoms with Gasteiger partial charge < -0.3 is 19.8 Å². The molecule has 0 radical (unpaired) electrons. The van der Waals surface area contributed by atoms with Crippen LogP contribution >= 0.6 is 11.6 Å². The monoisotopic (exact) mass is 257 g/mol. The summed E-state index contributed by atoms with van der Waals surface area (Å²) in [4.78, 5) is 2.04. The van der Waals surface area contributed by atoms with E-state index >= 15 is 0 Å². The molecule has 0 amide bonds. The summed E-state index contributed by atoms with van der Waals surface area (Å²) in [6.07, 6.45) is 0. The van der Waals surface area contributed by atoms with Crippen molar-refractivity contribution in [1.29, 1.82) is 0 Å². The van der Waals surface area contributed by atoms with Crippen LogP contribution in [0.2, 0.25) is 5.02 Å². The van der Waals surface area contributed by atoms with Crippen LogP contribution in [0, 0.1) is 0 Å². The molecule has 0 bridgehead atoms. The molecule has 1 aliphatic heterocycles. The van der Waals surface area contributed by atoms with Crippen LogP contribution in [-0.4, -0.2) is 42.6 Å². The summed E-state index contributed by atoms with van der Waals surface area (Å²) >= 11 is 5.98. The molecule has 94 valence electrons. The fraction of sp³-hybridized carbons (Fsp3) is 0.500. The van der Waals surface area contributed by atoms with Gasteiger partial charge in [0.05, 0.1) is 32.5 Å². The van der Waals surface area contributed by atoms with Gasteiger partial charge in [-0.25, -0.2) is 0 Å². The lowest BCUT2D eigenvalue weighted by atomic mass is 10.1. The van der Waals surface area contributed by atoms with Crippen molar-refractivity contribution in [2.75, 3.05) is 31.3 Å². The molecule has 1 atom stereocenters. The maximum atomic E-state index is 9.34. The van der Waals surface area contributed by atoms with E-state index in [1.54, 1.807) is 6.07 Å². The second-order valence-electron chi connectivity index (χ2n) is 4.04. The minimum atomic E-state index is -0.0764. The van der Waals surface area contributed by atoms with Gasteiger partial charge in [-0.15, -0.1) is 0 Å². The van der Waals surface area contributed by atoms with Gasteiger partial charge >= 0.3 is 0 Å². The first-order valence-corrected chi connectivity index (χ1v) is 5.98. The summed E-state index contributed by atoms with van der Waals surface area (Å²) in [5.74, 6) is 0. The predicted molar refractivity (Wildman–Crippen MR) is 66.4 cm³/mol. The average molecular weight is 258 g/mol. The zero-order valence-corrected chi connectivity index (χ0v) is 10.2. The van der Waals surface area contributed by atoms with Crippen molar-refractivity contribution in [1.82, 2.24) is 0 Å². The van der Waals surface area contributed by atoms with Gasteiger partial charge in [-0.3, -0.25) is 0 Å². The lowest BCUT2D eigenvalue weighted by Gasteiger charge is -2.37. The minimum Gasteiger partial charge on any atom is -0.394 e. The fourth-order valence-electron chi connectivity index (χ4n) is 2.06. The summed E-state index contributed by atoms with van der Waals surface area (Å²) in [5, 5.41) is 19.3. The zero-order valence-electron chi connectivity index (χ0n) is 9.47. The molecule has 1 aromatic rings. The molecule has 1 fully saturated rings. The molecule has 1 aromatic carbocycles. The van der Waals surface area contributed by atoms with Crippen LogP contribution in [0.1, 0.15) is 5.56 Å². The smallest absolute Gasteiger partial charge is 0.0755 e. The van der Waals surface area contributed by atoms with Gasteiger partial charge in [-0.2, -0.15) is 0 Å². The molecular formula is C12H16ClNO3. The highest BCUT2D eigenvalue weighted by Crippen LogP contribution is 2.27. The van der Waals surface area contributed by atoms with Crippen LogP contribution in [0.3, 0.4) is 0 Å². The molecule has 5 heteroatoms. The predicted octanol–water partition coefficient (Wildman–Crippen LogP) is 1.03. The number of ether oxygens (including phenoxy) is 1. The number of aliphatic hydroxyl groups is 2. The Balaban J connectivity index is 2.33. The van der Waals surface area contributed by atoms with E-state index in [1.807, 2.05) is 17.0 Å². The van der Waals surface area contributed by atoms with E-state index in [9.17, 15) is 10.2 Å². The Labute approximate surface area is 105 Å². The Kier molecular flexibility index (Phi) is 4.23. The number of hydrogen-bond acceptors (Lipinski definition) is 4. The lowest BCUT2D eigenvalue weighted by Crippen LogP contribution is -2.48. The maximum absolute atomic E-state index is 9.34. The number of halogens is 1. The molecule has 17 heavy (non-hydrogen) atoms. The number of benzene rings is 1. The van der Waals surface area contributed by atoms with Gasteiger partial charge in [0, 0.05) is 22.8 Å². The third-order valence-electron chi connectivity index (χ3n) is 2.97. The van der Waals surface area contributed by atoms with Crippen molar-refractivity contribution in [3.8, 4) is 0 Å². The number of aliphatic hydroxyl groups excluding tert-OH is 2. The Morgan fingerprint density at radius 3 is 2.94 bits per heavy atom. The van der Waals surface area contributed by atoms with Crippen molar-refractivity contribution >= 4 is 17.3 Å². The highest BCUT2D eigenvalue weighted by Gasteiger charge is 2.24. The molecule has 0 aromatic heterocycles. The molecule has 4 nitrogen and oxygen atoms in total. The molecule has 0 spiro atoms. The third kappa shape index (κ3) is 2.72. The highest BCUT2D eigenvalue weighted by molar-refractivity contribution is 6.30. The molecule has 2 rings (SSSR count). The number of rotatable bonds is 3. The summed E-state index contributed by atoms with van der Waals surface area (Å²) in [5.41, 5.74) is 1.69. The Morgan fingerprint density at radius 2 is 2.24 bits per heavy atom. The normalized spacial score (nSPS) is 20.6. The standard InChI is InChI=1S/C12H16ClNO3/c13-10-2-1-9(6-15)12(5-10)14-3-4-17-8-11(14)7-16/h1-2,5,11,15-16H,3-4,6-8H2. The van der Waals surface area contributed by atoms with Crippen LogP contribution in [0.25, 0.3) is 0 Å². The van der Waals surface area contributed by atoms with E-state index < -0.39 is 0 Å². The molecule has 0 saturated carbocycles.